The van der Waals surface area contributed by atoms with E-state index in [9.17, 15) is 18.0 Å². The maximum Gasteiger partial charge on any atom is 0.242 e. The molecule has 0 aromatic heterocycles. The molecular weight excluding hydrogens is 364 g/mol. The third-order valence-electron chi connectivity index (χ3n) is 4.21. The summed E-state index contributed by atoms with van der Waals surface area (Å²) in [6.45, 7) is 5.21. The minimum Gasteiger partial charge on any atom is -0.325 e. The number of nitrogens with one attached hydrogen (secondary N) is 2. The molecule has 0 spiro atoms. The number of hydrogen-bond donors (Lipinski definition) is 2. The predicted octanol–water partition coefficient (Wildman–Crippen LogP) is 2.94. The third kappa shape index (κ3) is 5.92. The zero-order chi connectivity index (χ0) is 20.0. The van der Waals surface area contributed by atoms with Gasteiger partial charge in [0.05, 0.1) is 0 Å². The molecule has 0 fully saturated rings. The molecule has 0 unspecified atom stereocenters. The summed E-state index contributed by atoms with van der Waals surface area (Å²) in [7, 11) is -3.94. The van der Waals surface area contributed by atoms with Gasteiger partial charge in [0.15, 0.2) is 9.84 Å². The number of sulfone groups is 1. The number of aryl methyl sites for hydroxylation is 2. The number of carbonyl (C=O) groups is 2. The first-order valence-corrected chi connectivity index (χ1v) is 10.4. The second-order valence-electron chi connectivity index (χ2n) is 6.40. The maximum atomic E-state index is 12.4. The van der Waals surface area contributed by atoms with Gasteiger partial charge in [-0.2, -0.15) is 0 Å². The highest BCUT2D eigenvalue weighted by atomic mass is 32.2. The summed E-state index contributed by atoms with van der Waals surface area (Å²) < 4.78 is 24.8. The smallest absolute Gasteiger partial charge is 0.242 e. The minimum absolute atomic E-state index is 0.508. The number of anilines is 2. The van der Waals surface area contributed by atoms with Crippen LogP contribution in [-0.4, -0.2) is 31.2 Å². The molecule has 2 N–H and O–H groups in total. The SMILES string of the molecule is CCc1ccc(NC(=O)[C@@H](C)S(=O)(=O)CC(=O)Nc2ccc(C)cc2)cc1. The van der Waals surface area contributed by atoms with Crippen LogP contribution in [0.4, 0.5) is 11.4 Å². The Hall–Kier alpha value is -2.67. The molecule has 6 nitrogen and oxygen atoms in total. The minimum atomic E-state index is -3.94. The van der Waals surface area contributed by atoms with Crippen LogP contribution in [0.5, 0.6) is 0 Å². The highest BCUT2D eigenvalue weighted by Crippen LogP contribution is 2.13. The maximum absolute atomic E-state index is 12.4. The molecule has 2 aromatic carbocycles. The monoisotopic (exact) mass is 388 g/mol. The quantitative estimate of drug-likeness (QED) is 0.763. The molecule has 0 saturated heterocycles. The first-order chi connectivity index (χ1) is 12.7. The Balaban J connectivity index is 1.97. The summed E-state index contributed by atoms with van der Waals surface area (Å²) in [5.74, 6) is -2.10. The number of amides is 2. The van der Waals surface area contributed by atoms with Crippen LogP contribution >= 0.6 is 0 Å². The van der Waals surface area contributed by atoms with Crippen molar-refractivity contribution in [1.29, 1.82) is 0 Å². The van der Waals surface area contributed by atoms with E-state index in [0.717, 1.165) is 17.5 Å². The lowest BCUT2D eigenvalue weighted by Gasteiger charge is -2.14. The molecule has 144 valence electrons. The summed E-state index contributed by atoms with van der Waals surface area (Å²) in [5, 5.41) is 3.77. The molecular formula is C20H24N2O4S. The number of benzene rings is 2. The summed E-state index contributed by atoms with van der Waals surface area (Å²) in [6, 6.07) is 14.2. The van der Waals surface area contributed by atoms with E-state index >= 15 is 0 Å². The fraction of sp³-hybridized carbons (Fsp3) is 0.300. The van der Waals surface area contributed by atoms with Crippen LogP contribution in [0.2, 0.25) is 0 Å². The average molecular weight is 388 g/mol. The van der Waals surface area contributed by atoms with Crippen LogP contribution in [-0.2, 0) is 25.8 Å². The van der Waals surface area contributed by atoms with Crippen molar-refractivity contribution in [3.63, 3.8) is 0 Å². The molecule has 2 rings (SSSR count). The van der Waals surface area contributed by atoms with E-state index in [4.69, 9.17) is 0 Å². The topological polar surface area (TPSA) is 92.3 Å². The van der Waals surface area contributed by atoms with Gasteiger partial charge >= 0.3 is 0 Å². The van der Waals surface area contributed by atoms with Crippen molar-refractivity contribution in [3.8, 4) is 0 Å². The standard InChI is InChI=1S/C20H24N2O4S/c1-4-16-7-11-18(12-8-16)22-20(24)15(3)27(25,26)13-19(23)21-17-9-5-14(2)6-10-17/h5-12,15H,4,13H2,1-3H3,(H,21,23)(H,22,24)/t15-/m1/s1. The molecule has 0 saturated carbocycles. The van der Waals surface area contributed by atoms with Crippen LogP contribution in [0, 0.1) is 6.92 Å². The summed E-state index contributed by atoms with van der Waals surface area (Å²) in [6.07, 6.45) is 0.870. The Labute approximate surface area is 159 Å². The molecule has 0 heterocycles. The second-order valence-corrected chi connectivity index (χ2v) is 8.72. The average Bonchev–Trinajstić information content (AvgIpc) is 2.63. The Morgan fingerprint density at radius 2 is 1.44 bits per heavy atom. The highest BCUT2D eigenvalue weighted by molar-refractivity contribution is 7.93. The fourth-order valence-corrected chi connectivity index (χ4v) is 3.45. The Bertz CT molecular complexity index is 904. The van der Waals surface area contributed by atoms with E-state index in [1.165, 1.54) is 6.92 Å². The number of rotatable bonds is 7. The second kappa shape index (κ2) is 8.81. The van der Waals surface area contributed by atoms with Gasteiger partial charge in [0, 0.05) is 11.4 Å². The molecule has 27 heavy (non-hydrogen) atoms. The van der Waals surface area contributed by atoms with Crippen LogP contribution in [0.25, 0.3) is 0 Å². The van der Waals surface area contributed by atoms with Crippen molar-refractivity contribution >= 4 is 33.0 Å². The van der Waals surface area contributed by atoms with Gasteiger partial charge in [0.2, 0.25) is 11.8 Å². The van der Waals surface area contributed by atoms with Gasteiger partial charge in [-0.05, 0) is 50.1 Å². The van der Waals surface area contributed by atoms with Crippen LogP contribution in [0.1, 0.15) is 25.0 Å². The molecule has 0 aliphatic carbocycles. The molecule has 2 aromatic rings. The summed E-state index contributed by atoms with van der Waals surface area (Å²) >= 11 is 0. The Morgan fingerprint density at radius 1 is 0.926 bits per heavy atom. The highest BCUT2D eigenvalue weighted by Gasteiger charge is 2.30. The van der Waals surface area contributed by atoms with E-state index < -0.39 is 32.7 Å². The normalized spacial score (nSPS) is 12.3. The summed E-state index contributed by atoms with van der Waals surface area (Å²) in [5.41, 5.74) is 3.16. The van der Waals surface area contributed by atoms with Crippen molar-refractivity contribution in [2.24, 2.45) is 0 Å². The van der Waals surface area contributed by atoms with Crippen molar-refractivity contribution in [1.82, 2.24) is 0 Å². The zero-order valence-electron chi connectivity index (χ0n) is 15.7. The van der Waals surface area contributed by atoms with Crippen molar-refractivity contribution < 1.29 is 18.0 Å². The molecule has 7 heteroatoms. The van der Waals surface area contributed by atoms with Crippen molar-refractivity contribution in [3.05, 3.63) is 59.7 Å². The lowest BCUT2D eigenvalue weighted by Crippen LogP contribution is -2.37. The predicted molar refractivity (Wildman–Crippen MR) is 108 cm³/mol. The lowest BCUT2D eigenvalue weighted by atomic mass is 10.1. The molecule has 0 radical (unpaired) electrons. The fourth-order valence-electron chi connectivity index (χ4n) is 2.37. The Morgan fingerprint density at radius 3 is 2.00 bits per heavy atom. The zero-order valence-corrected chi connectivity index (χ0v) is 16.5. The van der Waals surface area contributed by atoms with E-state index in [2.05, 4.69) is 10.6 Å². The Kier molecular flexibility index (Phi) is 6.74. The van der Waals surface area contributed by atoms with Gasteiger partial charge in [-0.25, -0.2) is 8.42 Å². The van der Waals surface area contributed by atoms with E-state index in [1.54, 1.807) is 24.3 Å². The lowest BCUT2D eigenvalue weighted by molar-refractivity contribution is -0.115. The summed E-state index contributed by atoms with van der Waals surface area (Å²) in [4.78, 5) is 24.3. The van der Waals surface area contributed by atoms with Gasteiger partial charge in [-0.15, -0.1) is 0 Å². The number of hydrogen-bond acceptors (Lipinski definition) is 4. The van der Waals surface area contributed by atoms with E-state index in [-0.39, 0.29) is 0 Å². The molecule has 0 aliphatic rings. The largest absolute Gasteiger partial charge is 0.325 e. The molecule has 0 aliphatic heterocycles. The van der Waals surface area contributed by atoms with Crippen LogP contribution in [0.15, 0.2) is 48.5 Å². The van der Waals surface area contributed by atoms with Gasteiger partial charge in [-0.1, -0.05) is 36.8 Å². The van der Waals surface area contributed by atoms with Crippen molar-refractivity contribution in [2.45, 2.75) is 32.4 Å². The molecule has 1 atom stereocenters. The van der Waals surface area contributed by atoms with Gasteiger partial charge in [0.25, 0.3) is 0 Å². The molecule has 2 amide bonds. The van der Waals surface area contributed by atoms with Crippen molar-refractivity contribution in [2.75, 3.05) is 16.4 Å². The number of carbonyl (C=O) groups excluding carboxylic acids is 2. The van der Waals surface area contributed by atoms with Gasteiger partial charge in [0.1, 0.15) is 11.0 Å². The molecule has 0 bridgehead atoms. The van der Waals surface area contributed by atoms with E-state index in [0.29, 0.717) is 11.4 Å². The van der Waals surface area contributed by atoms with Crippen LogP contribution in [0.3, 0.4) is 0 Å². The first kappa shape index (κ1) is 20.6. The van der Waals surface area contributed by atoms with Gasteiger partial charge in [-0.3, -0.25) is 9.59 Å². The van der Waals surface area contributed by atoms with Crippen LogP contribution < -0.4 is 10.6 Å². The first-order valence-electron chi connectivity index (χ1n) is 8.69. The van der Waals surface area contributed by atoms with Gasteiger partial charge < -0.3 is 10.6 Å². The third-order valence-corrected chi connectivity index (χ3v) is 6.16. The van der Waals surface area contributed by atoms with E-state index in [1.807, 2.05) is 38.1 Å².